The molecule has 0 aliphatic carbocycles. The Bertz CT molecular complexity index is 1200. The second-order valence-corrected chi connectivity index (χ2v) is 7.37. The monoisotopic (exact) mass is 450 g/mol. The minimum atomic E-state index is -0.770. The van der Waals surface area contributed by atoms with Crippen molar-refractivity contribution in [2.24, 2.45) is 0 Å². The van der Waals surface area contributed by atoms with E-state index in [0.717, 1.165) is 0 Å². The summed E-state index contributed by atoms with van der Waals surface area (Å²) in [6.07, 6.45) is -0.722. The number of fused-ring (bicyclic) bond motifs is 1. The van der Waals surface area contributed by atoms with Crippen molar-refractivity contribution < 1.29 is 19.4 Å². The smallest absolute Gasteiger partial charge is 0.225 e. The summed E-state index contributed by atoms with van der Waals surface area (Å²) < 4.78 is 10.6. The molecule has 1 atom stereocenters. The number of aliphatic hydroxyl groups excluding tert-OH is 1. The van der Waals surface area contributed by atoms with Crippen LogP contribution in [0.5, 0.6) is 11.5 Å². The number of pyridine rings is 1. The summed E-state index contributed by atoms with van der Waals surface area (Å²) in [6, 6.07) is 15.4. The lowest BCUT2D eigenvalue weighted by Gasteiger charge is -2.14. The van der Waals surface area contributed by atoms with Crippen molar-refractivity contribution in [1.29, 1.82) is 5.26 Å². The molecule has 1 heterocycles. The lowest BCUT2D eigenvalue weighted by Crippen LogP contribution is -2.37. The van der Waals surface area contributed by atoms with E-state index in [4.69, 9.17) is 14.7 Å². The van der Waals surface area contributed by atoms with E-state index in [1.165, 1.54) is 13.2 Å². The van der Waals surface area contributed by atoms with Gasteiger partial charge in [-0.2, -0.15) is 5.26 Å². The molecule has 0 aliphatic heterocycles. The van der Waals surface area contributed by atoms with Crippen LogP contribution in [0.3, 0.4) is 0 Å². The Morgan fingerprint density at radius 1 is 1.21 bits per heavy atom. The largest absolute Gasteiger partial charge is 0.497 e. The van der Waals surface area contributed by atoms with Gasteiger partial charge in [-0.25, -0.2) is 0 Å². The number of aromatic amines is 1. The van der Waals surface area contributed by atoms with E-state index in [1.807, 2.05) is 6.07 Å². The van der Waals surface area contributed by atoms with Crippen LogP contribution in [-0.2, 0) is 11.2 Å². The predicted molar refractivity (Wildman–Crippen MR) is 123 cm³/mol. The molecule has 9 nitrogen and oxygen atoms in total. The molecule has 0 saturated heterocycles. The number of carbonyl (C=O) groups excluding carboxylic acids is 1. The summed E-state index contributed by atoms with van der Waals surface area (Å²) in [4.78, 5) is 27.6. The standard InChI is InChI=1S/C24H26N4O5/c1-32-19-6-7-21-20(12-19)22(30)10-17(28-21)11-24(31)27-9-8-26-14-18(29)15-33-23-5-3-2-4-16(23)13-25/h2-7,10,12,18,26,29H,8-9,11,14-15H2,1H3,(H,27,31)(H,28,30). The fourth-order valence-electron chi connectivity index (χ4n) is 3.23. The molecule has 9 heteroatoms. The number of carbonyl (C=O) groups is 1. The quantitative estimate of drug-likeness (QED) is 0.321. The highest BCUT2D eigenvalue weighted by Crippen LogP contribution is 2.17. The Labute approximate surface area is 191 Å². The van der Waals surface area contributed by atoms with Crippen LogP contribution >= 0.6 is 0 Å². The number of nitrogens with one attached hydrogen (secondary N) is 3. The molecule has 1 amide bonds. The fourth-order valence-corrected chi connectivity index (χ4v) is 3.23. The number of hydrogen-bond donors (Lipinski definition) is 4. The van der Waals surface area contributed by atoms with E-state index in [-0.39, 0.29) is 30.9 Å². The van der Waals surface area contributed by atoms with Crippen LogP contribution in [0.4, 0.5) is 0 Å². The number of ether oxygens (including phenoxy) is 2. The van der Waals surface area contributed by atoms with Gasteiger partial charge in [-0.3, -0.25) is 9.59 Å². The van der Waals surface area contributed by atoms with E-state index in [9.17, 15) is 14.7 Å². The van der Waals surface area contributed by atoms with Gasteiger partial charge >= 0.3 is 0 Å². The first-order valence-electron chi connectivity index (χ1n) is 10.5. The van der Waals surface area contributed by atoms with Crippen LogP contribution < -0.4 is 25.5 Å². The number of nitriles is 1. The number of aromatic nitrogens is 1. The maximum Gasteiger partial charge on any atom is 0.225 e. The summed E-state index contributed by atoms with van der Waals surface area (Å²) in [5, 5.41) is 25.4. The first-order chi connectivity index (χ1) is 16.0. The molecule has 33 heavy (non-hydrogen) atoms. The Balaban J connectivity index is 1.37. The van der Waals surface area contributed by atoms with Gasteiger partial charge in [0, 0.05) is 42.3 Å². The van der Waals surface area contributed by atoms with Gasteiger partial charge < -0.3 is 30.2 Å². The van der Waals surface area contributed by atoms with Crippen molar-refractivity contribution in [2.75, 3.05) is 33.4 Å². The van der Waals surface area contributed by atoms with Crippen molar-refractivity contribution in [2.45, 2.75) is 12.5 Å². The van der Waals surface area contributed by atoms with Gasteiger partial charge in [0.15, 0.2) is 5.43 Å². The van der Waals surface area contributed by atoms with E-state index >= 15 is 0 Å². The molecule has 0 spiro atoms. The number of nitrogens with zero attached hydrogens (tertiary/aromatic N) is 1. The first-order valence-corrected chi connectivity index (χ1v) is 10.5. The third-order valence-electron chi connectivity index (χ3n) is 4.89. The number of aliphatic hydroxyl groups is 1. The molecule has 2 aromatic carbocycles. The number of H-pyrrole nitrogens is 1. The van der Waals surface area contributed by atoms with E-state index in [2.05, 4.69) is 15.6 Å². The first kappa shape index (κ1) is 23.8. The normalized spacial score (nSPS) is 11.5. The summed E-state index contributed by atoms with van der Waals surface area (Å²) in [5.41, 5.74) is 1.39. The van der Waals surface area contributed by atoms with Crippen molar-refractivity contribution in [1.82, 2.24) is 15.6 Å². The molecule has 4 N–H and O–H groups in total. The van der Waals surface area contributed by atoms with Crippen LogP contribution in [0.2, 0.25) is 0 Å². The van der Waals surface area contributed by atoms with Gasteiger partial charge in [0.1, 0.15) is 30.3 Å². The van der Waals surface area contributed by atoms with E-state index < -0.39 is 6.10 Å². The number of methoxy groups -OCH3 is 1. The molecule has 0 fully saturated rings. The molecule has 3 aromatic rings. The van der Waals surface area contributed by atoms with Crippen molar-refractivity contribution in [3.63, 3.8) is 0 Å². The lowest BCUT2D eigenvalue weighted by atomic mass is 10.1. The summed E-state index contributed by atoms with van der Waals surface area (Å²) in [7, 11) is 1.54. The number of para-hydroxylation sites is 1. The molecular weight excluding hydrogens is 424 g/mol. The van der Waals surface area contributed by atoms with Gasteiger partial charge in [0.2, 0.25) is 5.91 Å². The topological polar surface area (TPSA) is 136 Å². The predicted octanol–water partition coefficient (Wildman–Crippen LogP) is 1.10. The lowest BCUT2D eigenvalue weighted by molar-refractivity contribution is -0.120. The highest BCUT2D eigenvalue weighted by atomic mass is 16.5. The van der Waals surface area contributed by atoms with Crippen molar-refractivity contribution in [3.8, 4) is 17.6 Å². The molecule has 172 valence electrons. The summed E-state index contributed by atoms with van der Waals surface area (Å²) >= 11 is 0. The Hall–Kier alpha value is -3.87. The van der Waals surface area contributed by atoms with Crippen LogP contribution in [0, 0.1) is 11.3 Å². The molecule has 1 aromatic heterocycles. The van der Waals surface area contributed by atoms with Crippen LogP contribution in [0.25, 0.3) is 10.9 Å². The zero-order valence-electron chi connectivity index (χ0n) is 18.3. The Morgan fingerprint density at radius 3 is 2.82 bits per heavy atom. The average molecular weight is 450 g/mol. The number of benzene rings is 2. The van der Waals surface area contributed by atoms with Crippen LogP contribution in [0.15, 0.2) is 53.3 Å². The SMILES string of the molecule is COc1ccc2[nH]c(CC(=O)NCCNCC(O)COc3ccccc3C#N)cc(=O)c2c1. The molecule has 0 aliphatic rings. The summed E-state index contributed by atoms with van der Waals surface area (Å²) in [5.74, 6) is 0.796. The zero-order valence-corrected chi connectivity index (χ0v) is 18.3. The van der Waals surface area contributed by atoms with Crippen molar-refractivity contribution in [3.05, 3.63) is 70.0 Å². The Morgan fingerprint density at radius 2 is 2.03 bits per heavy atom. The molecule has 0 radical (unpaired) electrons. The van der Waals surface area contributed by atoms with Crippen LogP contribution in [0.1, 0.15) is 11.3 Å². The number of hydrogen-bond acceptors (Lipinski definition) is 7. The fraction of sp³-hybridized carbons (Fsp3) is 0.292. The third-order valence-corrected chi connectivity index (χ3v) is 4.89. The molecular formula is C24H26N4O5. The molecule has 3 rings (SSSR count). The average Bonchev–Trinajstić information content (AvgIpc) is 2.82. The number of amides is 1. The minimum absolute atomic E-state index is 0.0409. The van der Waals surface area contributed by atoms with Gasteiger partial charge in [0.05, 0.1) is 19.1 Å². The molecule has 0 bridgehead atoms. The van der Waals surface area contributed by atoms with Gasteiger partial charge in [0.25, 0.3) is 0 Å². The van der Waals surface area contributed by atoms with Gasteiger partial charge in [-0.05, 0) is 30.3 Å². The zero-order chi connectivity index (χ0) is 23.6. The van der Waals surface area contributed by atoms with E-state index in [1.54, 1.807) is 42.5 Å². The maximum atomic E-state index is 12.3. The highest BCUT2D eigenvalue weighted by Gasteiger charge is 2.09. The number of rotatable bonds is 11. The Kier molecular flexibility index (Phi) is 8.41. The summed E-state index contributed by atoms with van der Waals surface area (Å²) in [6.45, 7) is 1.12. The van der Waals surface area contributed by atoms with Gasteiger partial charge in [-0.1, -0.05) is 12.1 Å². The highest BCUT2D eigenvalue weighted by molar-refractivity contribution is 5.82. The molecule has 0 saturated carbocycles. The van der Waals surface area contributed by atoms with Crippen molar-refractivity contribution >= 4 is 16.8 Å². The molecule has 1 unspecified atom stereocenters. The van der Waals surface area contributed by atoms with E-state index in [0.29, 0.717) is 46.7 Å². The second kappa shape index (κ2) is 11.7. The third kappa shape index (κ3) is 6.80. The minimum Gasteiger partial charge on any atom is -0.497 e. The van der Waals surface area contributed by atoms with Gasteiger partial charge in [-0.15, -0.1) is 0 Å². The second-order valence-electron chi connectivity index (χ2n) is 7.37. The maximum absolute atomic E-state index is 12.3. The van der Waals surface area contributed by atoms with Crippen LogP contribution in [-0.4, -0.2) is 55.5 Å².